The number of benzene rings is 2. The summed E-state index contributed by atoms with van der Waals surface area (Å²) in [7, 11) is 0. The third-order valence-electron chi connectivity index (χ3n) is 4.52. The van der Waals surface area contributed by atoms with E-state index in [2.05, 4.69) is 10.3 Å². The van der Waals surface area contributed by atoms with Crippen LogP contribution in [0.3, 0.4) is 0 Å². The zero-order valence-electron chi connectivity index (χ0n) is 16.1. The number of para-hydroxylation sites is 1. The van der Waals surface area contributed by atoms with Crippen LogP contribution >= 0.6 is 23.2 Å². The quantitative estimate of drug-likeness (QED) is 0.452. The lowest BCUT2D eigenvalue weighted by atomic mass is 10.2. The van der Waals surface area contributed by atoms with Crippen LogP contribution in [0.25, 0.3) is 22.1 Å². The number of halogens is 2. The molecule has 0 radical (unpaired) electrons. The molecule has 0 bridgehead atoms. The number of furan rings is 1. The molecule has 2 aromatic heterocycles. The van der Waals surface area contributed by atoms with Gasteiger partial charge in [0.25, 0.3) is 11.5 Å². The second-order valence-electron chi connectivity index (χ2n) is 6.70. The molecule has 0 fully saturated rings. The first-order valence-corrected chi connectivity index (χ1v) is 9.91. The molecule has 158 valence electrons. The minimum atomic E-state index is -1.13. The molecule has 10 heteroatoms. The molecular formula is C21H15Cl2N3O5. The van der Waals surface area contributed by atoms with Gasteiger partial charge in [-0.25, -0.2) is 4.98 Å². The van der Waals surface area contributed by atoms with Crippen LogP contribution in [0.15, 0.2) is 58.0 Å². The van der Waals surface area contributed by atoms with Gasteiger partial charge in [-0.2, -0.15) is 0 Å². The van der Waals surface area contributed by atoms with E-state index in [0.29, 0.717) is 27.2 Å². The molecule has 0 saturated carbocycles. The molecule has 4 rings (SSSR count). The van der Waals surface area contributed by atoms with E-state index >= 15 is 0 Å². The summed E-state index contributed by atoms with van der Waals surface area (Å²) in [6.45, 7) is 0.971. The fourth-order valence-corrected chi connectivity index (χ4v) is 3.44. The summed E-state index contributed by atoms with van der Waals surface area (Å²) in [5.41, 5.74) is 0.781. The van der Waals surface area contributed by atoms with E-state index in [9.17, 15) is 14.4 Å². The van der Waals surface area contributed by atoms with Gasteiger partial charge >= 0.3 is 5.97 Å². The van der Waals surface area contributed by atoms with Crippen molar-refractivity contribution in [1.82, 2.24) is 9.55 Å². The number of anilines is 1. The number of rotatable bonds is 5. The first-order valence-electron chi connectivity index (χ1n) is 9.15. The van der Waals surface area contributed by atoms with E-state index in [1.807, 2.05) is 6.07 Å². The first-order chi connectivity index (χ1) is 14.8. The van der Waals surface area contributed by atoms with Crippen molar-refractivity contribution in [2.24, 2.45) is 0 Å². The van der Waals surface area contributed by atoms with Crippen LogP contribution in [0, 0.1) is 0 Å². The van der Waals surface area contributed by atoms with Gasteiger partial charge in [-0.1, -0.05) is 35.3 Å². The normalized spacial score (nSPS) is 12.1. The zero-order valence-corrected chi connectivity index (χ0v) is 17.6. The first kappa shape index (κ1) is 20.9. The maximum atomic E-state index is 12.7. The van der Waals surface area contributed by atoms with Crippen LogP contribution in [0.2, 0.25) is 10.0 Å². The molecule has 31 heavy (non-hydrogen) atoms. The Morgan fingerprint density at radius 1 is 1.23 bits per heavy atom. The van der Waals surface area contributed by atoms with Crippen LogP contribution < -0.4 is 10.9 Å². The van der Waals surface area contributed by atoms with Crippen molar-refractivity contribution >= 4 is 62.8 Å². The monoisotopic (exact) mass is 459 g/mol. The average molecular weight is 460 g/mol. The fourth-order valence-electron chi connectivity index (χ4n) is 2.98. The van der Waals surface area contributed by atoms with E-state index in [-0.39, 0.29) is 10.6 Å². The fraction of sp³-hybridized carbons (Fsp3) is 0.143. The Morgan fingerprint density at radius 2 is 2.00 bits per heavy atom. The second-order valence-corrected chi connectivity index (χ2v) is 7.54. The largest absolute Gasteiger partial charge is 0.451 e. The van der Waals surface area contributed by atoms with Gasteiger partial charge in [0.15, 0.2) is 6.10 Å². The van der Waals surface area contributed by atoms with Gasteiger partial charge in [0, 0.05) is 10.4 Å². The lowest BCUT2D eigenvalue weighted by Gasteiger charge is -2.14. The van der Waals surface area contributed by atoms with Gasteiger partial charge in [0.1, 0.15) is 17.6 Å². The Morgan fingerprint density at radius 3 is 2.77 bits per heavy atom. The molecule has 1 N–H and O–H groups in total. The molecule has 0 saturated heterocycles. The van der Waals surface area contributed by atoms with Crippen molar-refractivity contribution in [2.75, 3.05) is 5.32 Å². The third kappa shape index (κ3) is 4.26. The zero-order chi connectivity index (χ0) is 22.1. The number of nitrogens with zero attached hydrogens (tertiary/aromatic N) is 2. The SMILES string of the molecule is CC(OC(=O)Cn1cnc2c(oc3ccccc32)c1=O)C(=O)Nc1ccc(Cl)cc1Cl. The number of esters is 1. The van der Waals surface area contributed by atoms with E-state index < -0.39 is 30.1 Å². The number of ether oxygens (including phenoxy) is 1. The summed E-state index contributed by atoms with van der Waals surface area (Å²) in [5.74, 6) is -1.38. The molecule has 4 aromatic rings. The van der Waals surface area contributed by atoms with Crippen molar-refractivity contribution in [3.63, 3.8) is 0 Å². The van der Waals surface area contributed by atoms with Crippen LogP contribution in [-0.4, -0.2) is 27.5 Å². The molecule has 1 atom stereocenters. The highest BCUT2D eigenvalue weighted by atomic mass is 35.5. The number of carbonyl (C=O) groups excluding carboxylic acids is 2. The summed E-state index contributed by atoms with van der Waals surface area (Å²) in [6, 6.07) is 11.7. The number of hydrogen-bond acceptors (Lipinski definition) is 6. The van der Waals surface area contributed by atoms with Crippen LogP contribution in [0.5, 0.6) is 0 Å². The Hall–Kier alpha value is -3.36. The predicted molar refractivity (Wildman–Crippen MR) is 116 cm³/mol. The summed E-state index contributed by atoms with van der Waals surface area (Å²) in [6.07, 6.45) is 0.115. The highest BCUT2D eigenvalue weighted by molar-refractivity contribution is 6.36. The molecule has 8 nitrogen and oxygen atoms in total. The topological polar surface area (TPSA) is 103 Å². The molecular weight excluding hydrogens is 445 g/mol. The Balaban J connectivity index is 1.46. The number of aromatic nitrogens is 2. The van der Waals surface area contributed by atoms with Crippen molar-refractivity contribution in [3.8, 4) is 0 Å². The van der Waals surface area contributed by atoms with Gasteiger partial charge in [-0.15, -0.1) is 0 Å². The smallest absolute Gasteiger partial charge is 0.326 e. The molecule has 1 amide bonds. The Labute approximate surface area is 185 Å². The molecule has 2 heterocycles. The molecule has 0 aliphatic rings. The average Bonchev–Trinajstić information content (AvgIpc) is 3.11. The molecule has 0 aliphatic carbocycles. The van der Waals surface area contributed by atoms with E-state index in [4.69, 9.17) is 32.4 Å². The van der Waals surface area contributed by atoms with Crippen molar-refractivity contribution in [1.29, 1.82) is 0 Å². The number of carbonyl (C=O) groups is 2. The number of nitrogens with one attached hydrogen (secondary N) is 1. The summed E-state index contributed by atoms with van der Waals surface area (Å²) >= 11 is 11.9. The lowest BCUT2D eigenvalue weighted by Crippen LogP contribution is -2.33. The van der Waals surface area contributed by atoms with Gasteiger partial charge in [0.2, 0.25) is 5.58 Å². The Bertz CT molecular complexity index is 1380. The van der Waals surface area contributed by atoms with Gasteiger partial charge in [-0.3, -0.25) is 19.0 Å². The maximum Gasteiger partial charge on any atom is 0.326 e. The van der Waals surface area contributed by atoms with Gasteiger partial charge in [-0.05, 0) is 37.3 Å². The minimum absolute atomic E-state index is 0.0414. The van der Waals surface area contributed by atoms with Crippen molar-refractivity contribution in [2.45, 2.75) is 19.6 Å². The molecule has 1 unspecified atom stereocenters. The highest BCUT2D eigenvalue weighted by Gasteiger charge is 2.20. The minimum Gasteiger partial charge on any atom is -0.451 e. The van der Waals surface area contributed by atoms with Gasteiger partial charge in [0.05, 0.1) is 17.0 Å². The predicted octanol–water partition coefficient (Wildman–Crippen LogP) is 4.02. The highest BCUT2D eigenvalue weighted by Crippen LogP contribution is 2.26. The van der Waals surface area contributed by atoms with E-state index in [1.165, 1.54) is 25.4 Å². The Kier molecular flexibility index (Phi) is 5.67. The second kappa shape index (κ2) is 8.41. The van der Waals surface area contributed by atoms with E-state index in [1.54, 1.807) is 24.3 Å². The summed E-state index contributed by atoms with van der Waals surface area (Å²) in [4.78, 5) is 41.5. The van der Waals surface area contributed by atoms with Crippen LogP contribution in [-0.2, 0) is 20.9 Å². The lowest BCUT2D eigenvalue weighted by molar-refractivity contribution is -0.153. The van der Waals surface area contributed by atoms with Crippen LogP contribution in [0.1, 0.15) is 6.92 Å². The number of fused-ring (bicyclic) bond motifs is 3. The molecule has 0 aliphatic heterocycles. The van der Waals surface area contributed by atoms with Crippen molar-refractivity contribution < 1.29 is 18.7 Å². The van der Waals surface area contributed by atoms with Gasteiger partial charge < -0.3 is 14.5 Å². The number of hydrogen-bond donors (Lipinski definition) is 1. The molecule has 0 spiro atoms. The van der Waals surface area contributed by atoms with Crippen molar-refractivity contribution in [3.05, 3.63) is 69.2 Å². The summed E-state index contributed by atoms with van der Waals surface area (Å²) in [5, 5.41) is 3.92. The maximum absolute atomic E-state index is 12.7. The number of amides is 1. The third-order valence-corrected chi connectivity index (χ3v) is 5.06. The van der Waals surface area contributed by atoms with E-state index in [0.717, 1.165) is 4.57 Å². The standard InChI is InChI=1S/C21H15Cl2N3O5/c1-11(20(28)25-15-7-6-12(22)8-14(15)23)30-17(27)9-26-10-24-18-13-4-2-3-5-16(13)31-19(18)21(26)29/h2-8,10-11H,9H2,1H3,(H,25,28). The van der Waals surface area contributed by atoms with Crippen LogP contribution in [0.4, 0.5) is 5.69 Å². The summed E-state index contributed by atoms with van der Waals surface area (Å²) < 4.78 is 11.8. The molecule has 2 aromatic carbocycles.